The molecule has 1 aromatic heterocycles. The monoisotopic (exact) mass is 547 g/mol. The summed E-state index contributed by atoms with van der Waals surface area (Å²) in [6, 6.07) is 11.3. The van der Waals surface area contributed by atoms with Gasteiger partial charge in [-0.1, -0.05) is 75.4 Å². The maximum absolute atomic E-state index is 13.6. The van der Waals surface area contributed by atoms with Crippen molar-refractivity contribution >= 4 is 5.97 Å². The van der Waals surface area contributed by atoms with Gasteiger partial charge in [-0.2, -0.15) is 23.0 Å². The van der Waals surface area contributed by atoms with E-state index < -0.39 is 29.1 Å². The second-order valence-electron chi connectivity index (χ2n) is 9.77. The number of carbonyl (C=O) groups excluding carboxylic acids is 1. The van der Waals surface area contributed by atoms with Crippen LogP contribution in [0.2, 0.25) is 0 Å². The fourth-order valence-corrected chi connectivity index (χ4v) is 4.25. The maximum atomic E-state index is 13.6. The molecule has 0 aliphatic heterocycles. The number of hydroxylamine groups is 4. The number of benzene rings is 2. The summed E-state index contributed by atoms with van der Waals surface area (Å²) in [7, 11) is 0. The van der Waals surface area contributed by atoms with E-state index in [9.17, 15) is 23.2 Å². The van der Waals surface area contributed by atoms with Gasteiger partial charge in [-0.05, 0) is 37.1 Å². The third-order valence-electron chi connectivity index (χ3n) is 6.25. The summed E-state index contributed by atoms with van der Waals surface area (Å²) in [6.45, 7) is 3.21. The summed E-state index contributed by atoms with van der Waals surface area (Å²) in [5, 5.41) is 17.7. The molecule has 0 saturated heterocycles. The second kappa shape index (κ2) is 14.2. The zero-order valence-electron chi connectivity index (χ0n) is 22.5. The van der Waals surface area contributed by atoms with Crippen molar-refractivity contribution in [1.29, 1.82) is 0 Å². The van der Waals surface area contributed by atoms with Gasteiger partial charge >= 0.3 is 12.1 Å². The number of hydrogen-bond donors (Lipinski definition) is 0. The number of rotatable bonds is 15. The zero-order chi connectivity index (χ0) is 28.3. The molecule has 0 bridgehead atoms. The highest BCUT2D eigenvalue weighted by Gasteiger charge is 2.32. The van der Waals surface area contributed by atoms with Gasteiger partial charge < -0.3 is 9.73 Å². The zero-order valence-corrected chi connectivity index (χ0v) is 22.5. The molecule has 3 aromatic rings. The van der Waals surface area contributed by atoms with Gasteiger partial charge in [0.15, 0.2) is 5.82 Å². The van der Waals surface area contributed by atoms with Crippen LogP contribution in [0.25, 0.3) is 11.5 Å². The molecule has 0 N–H and O–H groups in total. The van der Waals surface area contributed by atoms with Crippen LogP contribution < -0.4 is 0 Å². The van der Waals surface area contributed by atoms with E-state index in [-0.39, 0.29) is 18.5 Å². The Morgan fingerprint density at radius 2 is 1.64 bits per heavy atom. The van der Waals surface area contributed by atoms with Crippen molar-refractivity contribution < 1.29 is 32.1 Å². The first-order chi connectivity index (χ1) is 18.6. The smallest absolute Gasteiger partial charge is 0.416 e. The number of quaternary nitrogens is 1. The predicted octanol–water partition coefficient (Wildman–Crippen LogP) is 7.93. The highest BCUT2D eigenvalue weighted by atomic mass is 19.4. The molecule has 0 amide bonds. The van der Waals surface area contributed by atoms with Gasteiger partial charge in [0, 0.05) is 23.1 Å². The average molecular weight is 548 g/mol. The third-order valence-corrected chi connectivity index (χ3v) is 6.25. The molecule has 0 aliphatic carbocycles. The molecule has 0 radical (unpaired) electrons. The van der Waals surface area contributed by atoms with Crippen molar-refractivity contribution in [2.75, 3.05) is 0 Å². The van der Waals surface area contributed by atoms with Crippen LogP contribution in [0.15, 0.2) is 53.1 Å². The lowest BCUT2D eigenvalue weighted by atomic mass is 10.1. The molecular formula is C29H36F3N3O4. The molecule has 10 heteroatoms. The van der Waals surface area contributed by atoms with E-state index in [1.54, 1.807) is 31.2 Å². The molecule has 1 atom stereocenters. The normalized spacial score (nSPS) is 13.3. The van der Waals surface area contributed by atoms with Crippen LogP contribution in [-0.2, 0) is 35.3 Å². The van der Waals surface area contributed by atoms with Crippen LogP contribution in [-0.4, -0.2) is 20.9 Å². The minimum atomic E-state index is -4.55. The molecule has 1 unspecified atom stereocenters. The average Bonchev–Trinajstić information content (AvgIpc) is 3.35. The van der Waals surface area contributed by atoms with Gasteiger partial charge in [-0.3, -0.25) is 4.84 Å². The van der Waals surface area contributed by atoms with E-state index >= 15 is 0 Å². The van der Waals surface area contributed by atoms with Gasteiger partial charge in [0.25, 0.3) is 5.89 Å². The molecule has 7 nitrogen and oxygen atoms in total. The van der Waals surface area contributed by atoms with E-state index in [1.165, 1.54) is 37.8 Å². The van der Waals surface area contributed by atoms with Crippen LogP contribution in [0, 0.1) is 5.21 Å². The van der Waals surface area contributed by atoms with E-state index in [0.717, 1.165) is 31.4 Å². The molecule has 0 spiro atoms. The van der Waals surface area contributed by atoms with Crippen molar-refractivity contribution in [3.63, 3.8) is 0 Å². The molecule has 0 fully saturated rings. The lowest BCUT2D eigenvalue weighted by molar-refractivity contribution is -1.07. The highest BCUT2D eigenvalue weighted by Crippen LogP contribution is 2.31. The predicted molar refractivity (Wildman–Crippen MR) is 140 cm³/mol. The molecule has 3 rings (SSSR count). The van der Waals surface area contributed by atoms with Crippen molar-refractivity contribution in [3.05, 3.63) is 76.3 Å². The van der Waals surface area contributed by atoms with Crippen LogP contribution in [0.5, 0.6) is 0 Å². The molecular weight excluding hydrogens is 511 g/mol. The van der Waals surface area contributed by atoms with Crippen LogP contribution in [0.3, 0.4) is 0 Å². The third kappa shape index (κ3) is 9.78. The quantitative estimate of drug-likeness (QED) is 0.109. The van der Waals surface area contributed by atoms with E-state index in [4.69, 9.17) is 9.36 Å². The summed E-state index contributed by atoms with van der Waals surface area (Å²) in [5.74, 6) is 0.298. The summed E-state index contributed by atoms with van der Waals surface area (Å²) in [6.07, 6.45) is 3.70. The highest BCUT2D eigenvalue weighted by molar-refractivity contribution is 5.68. The van der Waals surface area contributed by atoms with Crippen molar-refractivity contribution in [2.45, 2.75) is 90.9 Å². The summed E-state index contributed by atoms with van der Waals surface area (Å²) in [4.78, 5) is 20.4. The van der Waals surface area contributed by atoms with Crippen LogP contribution in [0.1, 0.15) is 87.7 Å². The Labute approximate surface area is 227 Å². The fourth-order valence-electron chi connectivity index (χ4n) is 4.25. The Morgan fingerprint density at radius 1 is 0.949 bits per heavy atom. The number of unbranched alkanes of at least 4 members (excludes halogenated alkanes) is 5. The maximum Gasteiger partial charge on any atom is 0.416 e. The molecule has 1 heterocycles. The van der Waals surface area contributed by atoms with Crippen molar-refractivity contribution in [1.82, 2.24) is 10.1 Å². The standard InChI is InChI=1S/C29H36F3N3O4/c1-3-5-6-7-8-9-14-26-33-28(38-34-26)24-17-15-22(16-18-24)20-35(37,39-27(36)11-4-2)21-23-12-10-13-25(19-23)29(30,31)32/h10,12-13,15-19H,3-9,11,14,20-21H2,1-2H3. The Hall–Kier alpha value is -3.24. The molecule has 39 heavy (non-hydrogen) atoms. The van der Waals surface area contributed by atoms with Crippen molar-refractivity contribution in [2.24, 2.45) is 0 Å². The first kappa shape index (κ1) is 30.3. The number of halogens is 3. The first-order valence-electron chi connectivity index (χ1n) is 13.5. The van der Waals surface area contributed by atoms with Crippen molar-refractivity contribution in [3.8, 4) is 11.5 Å². The SMILES string of the molecule is CCCCCCCCc1noc(-c2ccc(C[N+]([O-])(Cc3cccc(C(F)(F)F)c3)OC(=O)CCC)cc2)n1. The fraction of sp³-hybridized carbons (Fsp3) is 0.483. The Bertz CT molecular complexity index is 1180. The Kier molecular flexibility index (Phi) is 11.1. The van der Waals surface area contributed by atoms with Gasteiger partial charge in [0.05, 0.1) is 12.0 Å². The van der Waals surface area contributed by atoms with Gasteiger partial charge in [-0.15, -0.1) is 0 Å². The van der Waals surface area contributed by atoms with E-state index in [1.807, 2.05) is 0 Å². The molecule has 212 valence electrons. The Balaban J connectivity index is 1.68. The minimum Gasteiger partial charge on any atom is -0.589 e. The number of aromatic nitrogens is 2. The topological polar surface area (TPSA) is 88.3 Å². The number of aryl methyl sites for hydroxylation is 1. The van der Waals surface area contributed by atoms with Gasteiger partial charge in [-0.25, -0.2) is 4.79 Å². The summed E-state index contributed by atoms with van der Waals surface area (Å²) >= 11 is 0. The Morgan fingerprint density at radius 3 is 2.33 bits per heavy atom. The van der Waals surface area contributed by atoms with Gasteiger partial charge in [0.1, 0.15) is 13.1 Å². The van der Waals surface area contributed by atoms with E-state index in [2.05, 4.69) is 17.1 Å². The van der Waals surface area contributed by atoms with E-state index in [0.29, 0.717) is 29.3 Å². The lowest BCUT2D eigenvalue weighted by Crippen LogP contribution is -2.42. The first-order valence-corrected chi connectivity index (χ1v) is 13.5. The summed E-state index contributed by atoms with van der Waals surface area (Å²) in [5.41, 5.74) is 0.456. The molecule has 2 aromatic carbocycles. The van der Waals surface area contributed by atoms with Crippen LogP contribution >= 0.6 is 0 Å². The second-order valence-corrected chi connectivity index (χ2v) is 9.77. The number of carbonyl (C=O) groups is 1. The molecule has 0 aliphatic rings. The summed E-state index contributed by atoms with van der Waals surface area (Å²) < 4.78 is 44.9. The van der Waals surface area contributed by atoms with Crippen LogP contribution in [0.4, 0.5) is 13.2 Å². The van der Waals surface area contributed by atoms with Gasteiger partial charge in [0.2, 0.25) is 0 Å². The number of hydrogen-bond acceptors (Lipinski definition) is 6. The minimum absolute atomic E-state index is 0.0298. The number of alkyl halides is 3. The number of nitrogens with zero attached hydrogens (tertiary/aromatic N) is 3. The largest absolute Gasteiger partial charge is 0.589 e. The lowest BCUT2D eigenvalue weighted by Gasteiger charge is -2.38. The molecule has 0 saturated carbocycles.